The number of hydrogen-bond acceptors (Lipinski definition) is 4. The molecule has 2 N–H and O–H groups in total. The molecule has 21 heavy (non-hydrogen) atoms. The van der Waals surface area contributed by atoms with Crippen LogP contribution in [0, 0.1) is 5.92 Å². The number of aliphatic hydroxyl groups excluding tert-OH is 1. The first-order valence-corrected chi connectivity index (χ1v) is 8.23. The van der Waals surface area contributed by atoms with Crippen LogP contribution in [0.5, 0.6) is 0 Å². The predicted molar refractivity (Wildman–Crippen MR) is 82.2 cm³/mol. The molecule has 0 bridgehead atoms. The molecule has 5 nitrogen and oxygen atoms in total. The number of aliphatic hydroxyl groups is 1. The number of amides is 1. The quantitative estimate of drug-likeness (QED) is 0.838. The molecular weight excluding hydrogens is 268 g/mol. The maximum absolute atomic E-state index is 12.1. The van der Waals surface area contributed by atoms with Crippen molar-refractivity contribution in [1.29, 1.82) is 0 Å². The highest BCUT2D eigenvalue weighted by atomic mass is 16.6. The van der Waals surface area contributed by atoms with Gasteiger partial charge in [-0.25, -0.2) is 4.79 Å². The molecule has 0 spiro atoms. The first-order valence-electron chi connectivity index (χ1n) is 8.23. The Bertz CT molecular complexity index is 348. The van der Waals surface area contributed by atoms with Crippen molar-refractivity contribution in [3.05, 3.63) is 0 Å². The number of nitrogens with one attached hydrogen (secondary N) is 1. The molecule has 1 amide bonds. The van der Waals surface area contributed by atoms with Gasteiger partial charge < -0.3 is 20.1 Å². The van der Waals surface area contributed by atoms with E-state index in [4.69, 9.17) is 4.74 Å². The van der Waals surface area contributed by atoms with Gasteiger partial charge in [0.2, 0.25) is 0 Å². The van der Waals surface area contributed by atoms with E-state index in [1.807, 2.05) is 25.7 Å². The summed E-state index contributed by atoms with van der Waals surface area (Å²) in [4.78, 5) is 13.9. The number of hydrogen-bond donors (Lipinski definition) is 2. The monoisotopic (exact) mass is 298 g/mol. The van der Waals surface area contributed by atoms with E-state index in [9.17, 15) is 9.90 Å². The normalized spacial score (nSPS) is 30.5. The summed E-state index contributed by atoms with van der Waals surface area (Å²) in [6.07, 6.45) is 4.71. The fourth-order valence-electron chi connectivity index (χ4n) is 3.01. The average Bonchev–Trinajstić information content (AvgIpc) is 2.56. The van der Waals surface area contributed by atoms with Crippen molar-refractivity contribution in [2.24, 2.45) is 5.92 Å². The smallest absolute Gasteiger partial charge is 0.410 e. The first-order chi connectivity index (χ1) is 9.83. The lowest BCUT2D eigenvalue weighted by Crippen LogP contribution is -2.41. The molecule has 0 aromatic heterocycles. The Labute approximate surface area is 128 Å². The van der Waals surface area contributed by atoms with Gasteiger partial charge >= 0.3 is 6.09 Å². The number of carbonyl (C=O) groups is 1. The molecule has 0 aromatic rings. The van der Waals surface area contributed by atoms with Crippen molar-refractivity contribution in [3.63, 3.8) is 0 Å². The summed E-state index contributed by atoms with van der Waals surface area (Å²) < 4.78 is 5.44. The zero-order valence-corrected chi connectivity index (χ0v) is 13.6. The van der Waals surface area contributed by atoms with Crippen LogP contribution in [0.3, 0.4) is 0 Å². The highest BCUT2D eigenvalue weighted by Crippen LogP contribution is 2.26. The summed E-state index contributed by atoms with van der Waals surface area (Å²) in [5.41, 5.74) is -0.425. The number of carbonyl (C=O) groups excluding carboxylic acids is 1. The second-order valence-electron chi connectivity index (χ2n) is 7.49. The van der Waals surface area contributed by atoms with Gasteiger partial charge in [-0.05, 0) is 65.3 Å². The fourth-order valence-corrected chi connectivity index (χ4v) is 3.01. The van der Waals surface area contributed by atoms with E-state index in [2.05, 4.69) is 5.32 Å². The van der Waals surface area contributed by atoms with Crippen LogP contribution in [0.15, 0.2) is 0 Å². The van der Waals surface area contributed by atoms with Crippen LogP contribution < -0.4 is 5.32 Å². The minimum absolute atomic E-state index is 0.0754. The van der Waals surface area contributed by atoms with E-state index in [0.29, 0.717) is 12.0 Å². The summed E-state index contributed by atoms with van der Waals surface area (Å²) in [6.45, 7) is 8.25. The minimum Gasteiger partial charge on any atom is -0.444 e. The van der Waals surface area contributed by atoms with Crippen LogP contribution in [0.1, 0.15) is 52.9 Å². The van der Waals surface area contributed by atoms with E-state index in [-0.39, 0.29) is 12.2 Å². The van der Waals surface area contributed by atoms with Crippen LogP contribution in [0.25, 0.3) is 0 Å². The largest absolute Gasteiger partial charge is 0.444 e. The molecule has 5 heteroatoms. The molecule has 0 radical (unpaired) electrons. The molecule has 0 aromatic carbocycles. The summed E-state index contributed by atoms with van der Waals surface area (Å²) in [6, 6.07) is 0.482. The molecule has 1 unspecified atom stereocenters. The molecule has 1 saturated carbocycles. The SMILES string of the molecule is CC(C)(C)OC(=O)N1CCCC(NCC2CC(O)C2)CC1. The molecular formula is C16H30N2O3. The van der Waals surface area contributed by atoms with Gasteiger partial charge in [0.25, 0.3) is 0 Å². The lowest BCUT2D eigenvalue weighted by atomic mass is 9.82. The summed E-state index contributed by atoms with van der Waals surface area (Å²) >= 11 is 0. The maximum atomic E-state index is 12.1. The molecule has 2 fully saturated rings. The third-order valence-corrected chi connectivity index (χ3v) is 4.29. The first kappa shape index (κ1) is 16.6. The number of ether oxygens (including phenoxy) is 1. The summed E-state index contributed by atoms with van der Waals surface area (Å²) in [5, 5.41) is 12.9. The fraction of sp³-hybridized carbons (Fsp3) is 0.938. The lowest BCUT2D eigenvalue weighted by molar-refractivity contribution is 0.0254. The highest BCUT2D eigenvalue weighted by Gasteiger charge is 2.28. The molecule has 2 rings (SSSR count). The van der Waals surface area contributed by atoms with E-state index in [1.54, 1.807) is 0 Å². The van der Waals surface area contributed by atoms with Crippen LogP contribution >= 0.6 is 0 Å². The van der Waals surface area contributed by atoms with Gasteiger partial charge in [0.1, 0.15) is 5.60 Å². The van der Waals surface area contributed by atoms with Gasteiger partial charge in [-0.15, -0.1) is 0 Å². The Kier molecular flexibility index (Phi) is 5.49. The van der Waals surface area contributed by atoms with Gasteiger partial charge in [0.15, 0.2) is 0 Å². The zero-order valence-electron chi connectivity index (χ0n) is 13.6. The topological polar surface area (TPSA) is 61.8 Å². The maximum Gasteiger partial charge on any atom is 0.410 e. The van der Waals surface area contributed by atoms with Crippen LogP contribution in [0.4, 0.5) is 4.79 Å². The van der Waals surface area contributed by atoms with Crippen molar-refractivity contribution in [2.75, 3.05) is 19.6 Å². The number of nitrogens with zero attached hydrogens (tertiary/aromatic N) is 1. The predicted octanol–water partition coefficient (Wildman–Crippen LogP) is 2.14. The van der Waals surface area contributed by atoms with E-state index < -0.39 is 5.60 Å². The van der Waals surface area contributed by atoms with Gasteiger partial charge in [0.05, 0.1) is 6.10 Å². The van der Waals surface area contributed by atoms with Crippen LogP contribution in [0.2, 0.25) is 0 Å². The Balaban J connectivity index is 1.70. The highest BCUT2D eigenvalue weighted by molar-refractivity contribution is 5.68. The van der Waals surface area contributed by atoms with Crippen LogP contribution in [-0.2, 0) is 4.74 Å². The lowest BCUT2D eigenvalue weighted by Gasteiger charge is -2.33. The number of rotatable bonds is 3. The van der Waals surface area contributed by atoms with Crippen molar-refractivity contribution >= 4 is 6.09 Å². The summed E-state index contributed by atoms with van der Waals surface area (Å²) in [5.74, 6) is 0.630. The van der Waals surface area contributed by atoms with Gasteiger partial charge in [-0.1, -0.05) is 0 Å². The Morgan fingerprint density at radius 2 is 2.00 bits per heavy atom. The Morgan fingerprint density at radius 3 is 2.62 bits per heavy atom. The average molecular weight is 298 g/mol. The van der Waals surface area contributed by atoms with Crippen molar-refractivity contribution in [2.45, 2.75) is 70.6 Å². The molecule has 1 aliphatic heterocycles. The van der Waals surface area contributed by atoms with Crippen molar-refractivity contribution in [3.8, 4) is 0 Å². The van der Waals surface area contributed by atoms with Crippen LogP contribution in [-0.4, -0.2) is 53.5 Å². The second kappa shape index (κ2) is 6.97. The van der Waals surface area contributed by atoms with Gasteiger partial charge in [-0.3, -0.25) is 0 Å². The Morgan fingerprint density at radius 1 is 1.29 bits per heavy atom. The molecule has 1 aliphatic carbocycles. The molecule has 1 saturated heterocycles. The minimum atomic E-state index is -0.425. The standard InChI is InChI=1S/C16H30N2O3/c1-16(2,3)21-15(20)18-7-4-5-13(6-8-18)17-11-12-9-14(19)10-12/h12-14,17,19H,4-11H2,1-3H3. The van der Waals surface area contributed by atoms with E-state index in [1.165, 1.54) is 0 Å². The van der Waals surface area contributed by atoms with E-state index >= 15 is 0 Å². The second-order valence-corrected chi connectivity index (χ2v) is 7.49. The van der Waals surface area contributed by atoms with Crippen molar-refractivity contribution < 1.29 is 14.6 Å². The molecule has 122 valence electrons. The third kappa shape index (κ3) is 5.47. The molecule has 1 atom stereocenters. The Hall–Kier alpha value is -0.810. The van der Waals surface area contributed by atoms with Gasteiger partial charge in [0, 0.05) is 19.1 Å². The molecule has 1 heterocycles. The molecule has 2 aliphatic rings. The third-order valence-electron chi connectivity index (χ3n) is 4.29. The summed E-state index contributed by atoms with van der Waals surface area (Å²) in [7, 11) is 0. The van der Waals surface area contributed by atoms with Crippen molar-refractivity contribution in [1.82, 2.24) is 10.2 Å². The van der Waals surface area contributed by atoms with E-state index in [0.717, 1.165) is 51.7 Å². The number of likely N-dealkylation sites (tertiary alicyclic amines) is 1. The zero-order chi connectivity index (χ0) is 15.5. The van der Waals surface area contributed by atoms with Gasteiger partial charge in [-0.2, -0.15) is 0 Å².